The summed E-state index contributed by atoms with van der Waals surface area (Å²) in [6, 6.07) is 4.38. The molecule has 2 unspecified atom stereocenters. The van der Waals surface area contributed by atoms with Crippen molar-refractivity contribution in [3.63, 3.8) is 0 Å². The van der Waals surface area contributed by atoms with E-state index in [-0.39, 0.29) is 27.9 Å². The Morgan fingerprint density at radius 3 is 2.72 bits per heavy atom. The number of ether oxygens (including phenoxy) is 1. The molecular formula is C12H16ClNO3S. The van der Waals surface area contributed by atoms with Crippen LogP contribution in [0.3, 0.4) is 0 Å². The van der Waals surface area contributed by atoms with Crippen LogP contribution < -0.4 is 5.73 Å². The van der Waals surface area contributed by atoms with Gasteiger partial charge in [0, 0.05) is 0 Å². The highest BCUT2D eigenvalue weighted by Crippen LogP contribution is 2.26. The smallest absolute Gasteiger partial charge is 0.180 e. The van der Waals surface area contributed by atoms with Crippen LogP contribution in [0.5, 0.6) is 0 Å². The van der Waals surface area contributed by atoms with E-state index in [0.29, 0.717) is 5.69 Å². The van der Waals surface area contributed by atoms with Crippen LogP contribution in [-0.2, 0) is 14.6 Å². The molecule has 0 bridgehead atoms. The van der Waals surface area contributed by atoms with Gasteiger partial charge in [-0.25, -0.2) is 8.42 Å². The van der Waals surface area contributed by atoms with Gasteiger partial charge in [0.15, 0.2) is 9.84 Å². The first-order chi connectivity index (χ1) is 8.38. The third-order valence-electron chi connectivity index (χ3n) is 3.06. The predicted molar refractivity (Wildman–Crippen MR) is 71.5 cm³/mol. The van der Waals surface area contributed by atoms with E-state index < -0.39 is 9.84 Å². The van der Waals surface area contributed by atoms with Gasteiger partial charge in [0.2, 0.25) is 0 Å². The summed E-state index contributed by atoms with van der Waals surface area (Å²) in [4.78, 5) is 0.199. The Balaban J connectivity index is 2.17. The lowest BCUT2D eigenvalue weighted by Gasteiger charge is -2.12. The molecular weight excluding hydrogens is 274 g/mol. The summed E-state index contributed by atoms with van der Waals surface area (Å²) >= 11 is 5.84. The zero-order valence-corrected chi connectivity index (χ0v) is 11.7. The molecule has 2 atom stereocenters. The summed E-state index contributed by atoms with van der Waals surface area (Å²) in [6.07, 6.45) is 1.60. The van der Waals surface area contributed by atoms with Crippen molar-refractivity contribution in [2.24, 2.45) is 0 Å². The van der Waals surface area contributed by atoms with Gasteiger partial charge in [-0.3, -0.25) is 0 Å². The molecule has 1 aliphatic heterocycles. The molecule has 6 heteroatoms. The average Bonchev–Trinajstić information content (AvgIpc) is 2.67. The molecule has 0 aromatic heterocycles. The summed E-state index contributed by atoms with van der Waals surface area (Å²) in [7, 11) is -3.37. The van der Waals surface area contributed by atoms with E-state index in [2.05, 4.69) is 0 Å². The van der Waals surface area contributed by atoms with Crippen LogP contribution in [-0.4, -0.2) is 26.4 Å². The summed E-state index contributed by atoms with van der Waals surface area (Å²) in [5.74, 6) is -0.00239. The van der Waals surface area contributed by atoms with Crippen molar-refractivity contribution >= 4 is 27.1 Å². The number of halogens is 1. The van der Waals surface area contributed by atoms with Crippen molar-refractivity contribution in [2.75, 3.05) is 11.5 Å². The second kappa shape index (κ2) is 5.07. The molecule has 1 aromatic carbocycles. The molecule has 2 rings (SSSR count). The first-order valence-corrected chi connectivity index (χ1v) is 7.85. The molecule has 1 aliphatic rings. The second-order valence-corrected chi connectivity index (χ2v) is 7.05. The largest absolute Gasteiger partial charge is 0.398 e. The van der Waals surface area contributed by atoms with Gasteiger partial charge >= 0.3 is 0 Å². The predicted octanol–water partition coefficient (Wildman–Crippen LogP) is 2.26. The molecule has 1 heterocycles. The van der Waals surface area contributed by atoms with Gasteiger partial charge in [0.25, 0.3) is 0 Å². The summed E-state index contributed by atoms with van der Waals surface area (Å²) < 4.78 is 29.9. The molecule has 0 amide bonds. The number of anilines is 1. The Kier molecular flexibility index (Phi) is 3.84. The van der Waals surface area contributed by atoms with E-state index in [0.717, 1.165) is 12.8 Å². The molecule has 1 saturated heterocycles. The molecule has 0 spiro atoms. The fourth-order valence-corrected chi connectivity index (χ4v) is 3.80. The van der Waals surface area contributed by atoms with Crippen LogP contribution in [0.2, 0.25) is 5.02 Å². The van der Waals surface area contributed by atoms with Crippen LogP contribution in [0.25, 0.3) is 0 Å². The number of nitrogens with two attached hydrogens (primary N) is 1. The van der Waals surface area contributed by atoms with Crippen LogP contribution in [0.1, 0.15) is 19.8 Å². The third-order valence-corrected chi connectivity index (χ3v) is 5.17. The number of benzene rings is 1. The minimum atomic E-state index is -3.37. The van der Waals surface area contributed by atoms with Crippen LogP contribution in [0, 0.1) is 0 Å². The molecule has 2 N–H and O–H groups in total. The van der Waals surface area contributed by atoms with Crippen LogP contribution >= 0.6 is 11.6 Å². The normalized spacial score (nSPS) is 24.3. The number of hydrogen-bond acceptors (Lipinski definition) is 4. The molecule has 0 aliphatic carbocycles. The fourth-order valence-electron chi connectivity index (χ4n) is 2.05. The second-order valence-electron chi connectivity index (χ2n) is 4.61. The topological polar surface area (TPSA) is 69.4 Å². The van der Waals surface area contributed by atoms with Gasteiger partial charge in [0.05, 0.1) is 33.6 Å². The van der Waals surface area contributed by atoms with E-state index >= 15 is 0 Å². The molecule has 4 nitrogen and oxygen atoms in total. The van der Waals surface area contributed by atoms with Crippen molar-refractivity contribution < 1.29 is 13.2 Å². The monoisotopic (exact) mass is 289 g/mol. The SMILES string of the molecule is CC1CCC(CS(=O)(=O)c2ccc(N)c(Cl)c2)O1. The minimum absolute atomic E-state index is 0.00239. The van der Waals surface area contributed by atoms with Crippen molar-refractivity contribution in [3.05, 3.63) is 23.2 Å². The van der Waals surface area contributed by atoms with Gasteiger partial charge in [-0.15, -0.1) is 0 Å². The summed E-state index contributed by atoms with van der Waals surface area (Å²) in [6.45, 7) is 1.95. The Bertz CT molecular complexity index is 544. The van der Waals surface area contributed by atoms with Gasteiger partial charge in [-0.1, -0.05) is 11.6 Å². The molecule has 0 radical (unpaired) electrons. The van der Waals surface area contributed by atoms with Gasteiger partial charge in [-0.05, 0) is 38.0 Å². The first-order valence-electron chi connectivity index (χ1n) is 5.82. The number of rotatable bonds is 3. The van der Waals surface area contributed by atoms with Gasteiger partial charge in [-0.2, -0.15) is 0 Å². The number of nitrogen functional groups attached to an aromatic ring is 1. The van der Waals surface area contributed by atoms with Crippen molar-refractivity contribution in [1.82, 2.24) is 0 Å². The Labute approximate surface area is 112 Å². The highest BCUT2D eigenvalue weighted by Gasteiger charge is 2.28. The summed E-state index contributed by atoms with van der Waals surface area (Å²) in [5.41, 5.74) is 5.94. The molecule has 18 heavy (non-hydrogen) atoms. The zero-order chi connectivity index (χ0) is 13.3. The lowest BCUT2D eigenvalue weighted by atomic mass is 10.2. The van der Waals surface area contributed by atoms with E-state index in [1.807, 2.05) is 6.92 Å². The lowest BCUT2D eigenvalue weighted by molar-refractivity contribution is 0.0690. The maximum absolute atomic E-state index is 12.2. The molecule has 100 valence electrons. The van der Waals surface area contributed by atoms with Gasteiger partial charge < -0.3 is 10.5 Å². The zero-order valence-electron chi connectivity index (χ0n) is 10.1. The quantitative estimate of drug-likeness (QED) is 0.867. The maximum Gasteiger partial charge on any atom is 0.180 e. The Morgan fingerprint density at radius 2 is 2.17 bits per heavy atom. The van der Waals surface area contributed by atoms with Crippen LogP contribution in [0.4, 0.5) is 5.69 Å². The molecule has 0 saturated carbocycles. The average molecular weight is 290 g/mol. The number of sulfone groups is 1. The van der Waals surface area contributed by atoms with Crippen molar-refractivity contribution in [1.29, 1.82) is 0 Å². The van der Waals surface area contributed by atoms with E-state index in [4.69, 9.17) is 22.1 Å². The van der Waals surface area contributed by atoms with Crippen molar-refractivity contribution in [2.45, 2.75) is 36.9 Å². The standard InChI is InChI=1S/C12H16ClNO3S/c1-8-2-3-9(17-8)7-18(15,16)10-4-5-12(14)11(13)6-10/h4-6,8-9H,2-3,7,14H2,1H3. The fraction of sp³-hybridized carbons (Fsp3) is 0.500. The van der Waals surface area contributed by atoms with E-state index in [1.165, 1.54) is 18.2 Å². The highest BCUT2D eigenvalue weighted by atomic mass is 35.5. The highest BCUT2D eigenvalue weighted by molar-refractivity contribution is 7.91. The van der Waals surface area contributed by atoms with Gasteiger partial charge in [0.1, 0.15) is 0 Å². The maximum atomic E-state index is 12.2. The molecule has 1 fully saturated rings. The van der Waals surface area contributed by atoms with Crippen LogP contribution in [0.15, 0.2) is 23.1 Å². The van der Waals surface area contributed by atoms with E-state index in [9.17, 15) is 8.42 Å². The molecule has 1 aromatic rings. The Morgan fingerprint density at radius 1 is 1.44 bits per heavy atom. The van der Waals surface area contributed by atoms with E-state index in [1.54, 1.807) is 0 Å². The third kappa shape index (κ3) is 2.96. The Hall–Kier alpha value is -0.780. The van der Waals surface area contributed by atoms with Crippen molar-refractivity contribution in [3.8, 4) is 0 Å². The number of hydrogen-bond donors (Lipinski definition) is 1. The summed E-state index contributed by atoms with van der Waals surface area (Å²) in [5, 5.41) is 0.261. The first kappa shape index (κ1) is 13.6. The lowest BCUT2D eigenvalue weighted by Crippen LogP contribution is -2.21. The minimum Gasteiger partial charge on any atom is -0.398 e.